The molecule has 106 valence electrons. The summed E-state index contributed by atoms with van der Waals surface area (Å²) in [6, 6.07) is 5.10. The molecule has 0 aliphatic rings. The van der Waals surface area contributed by atoms with Crippen molar-refractivity contribution in [2.75, 3.05) is 26.3 Å². The summed E-state index contributed by atoms with van der Waals surface area (Å²) in [6.07, 6.45) is 0.666. The normalized spacial score (nSPS) is 10.1. The molecule has 0 spiro atoms. The zero-order valence-electron chi connectivity index (χ0n) is 10.3. The van der Waals surface area contributed by atoms with Crippen LogP contribution in [0.2, 0.25) is 5.02 Å². The van der Waals surface area contributed by atoms with Gasteiger partial charge < -0.3 is 20.5 Å². The maximum Gasteiger partial charge on any atom is 0.314 e. The first-order valence-corrected chi connectivity index (χ1v) is 7.01. The van der Waals surface area contributed by atoms with E-state index in [2.05, 4.69) is 26.6 Å². The molecule has 0 unspecified atom stereocenters. The van der Waals surface area contributed by atoms with Crippen molar-refractivity contribution in [3.63, 3.8) is 0 Å². The molecule has 7 heteroatoms. The summed E-state index contributed by atoms with van der Waals surface area (Å²) in [6.45, 7) is 1.13. The number of carbonyl (C=O) groups excluding carboxylic acids is 1. The van der Waals surface area contributed by atoms with Crippen molar-refractivity contribution in [2.24, 2.45) is 0 Å². The van der Waals surface area contributed by atoms with Crippen LogP contribution in [-0.2, 0) is 0 Å². The molecule has 0 saturated heterocycles. The summed E-state index contributed by atoms with van der Waals surface area (Å²) in [4.78, 5) is 11.1. The molecule has 0 heterocycles. The van der Waals surface area contributed by atoms with Crippen molar-refractivity contribution >= 4 is 33.6 Å². The van der Waals surface area contributed by atoms with Gasteiger partial charge in [-0.25, -0.2) is 4.79 Å². The number of aliphatic hydroxyl groups is 1. The van der Waals surface area contributed by atoms with E-state index in [1.165, 1.54) is 0 Å². The molecule has 0 bridgehead atoms. The van der Waals surface area contributed by atoms with Crippen LogP contribution in [0.1, 0.15) is 6.42 Å². The molecule has 1 aromatic rings. The van der Waals surface area contributed by atoms with Gasteiger partial charge in [0.25, 0.3) is 0 Å². The second kappa shape index (κ2) is 9.01. The minimum Gasteiger partial charge on any atom is -0.492 e. The number of benzene rings is 1. The number of hydrogen-bond donors (Lipinski definition) is 3. The van der Waals surface area contributed by atoms with Crippen molar-refractivity contribution in [1.82, 2.24) is 10.6 Å². The molecule has 0 aliphatic carbocycles. The van der Waals surface area contributed by atoms with E-state index in [9.17, 15) is 4.79 Å². The molecule has 2 amide bonds. The van der Waals surface area contributed by atoms with Crippen molar-refractivity contribution in [3.05, 3.63) is 27.7 Å². The average Bonchev–Trinajstić information content (AvgIpc) is 2.38. The van der Waals surface area contributed by atoms with Crippen LogP contribution in [0.15, 0.2) is 22.7 Å². The van der Waals surface area contributed by atoms with Gasteiger partial charge in [-0.3, -0.25) is 0 Å². The molecule has 19 heavy (non-hydrogen) atoms. The second-order valence-electron chi connectivity index (χ2n) is 3.68. The largest absolute Gasteiger partial charge is 0.492 e. The summed E-state index contributed by atoms with van der Waals surface area (Å²) >= 11 is 9.31. The fourth-order valence-corrected chi connectivity index (χ4v) is 2.01. The van der Waals surface area contributed by atoms with Crippen LogP contribution in [0.5, 0.6) is 5.75 Å². The van der Waals surface area contributed by atoms with Gasteiger partial charge in [0, 0.05) is 17.6 Å². The summed E-state index contributed by atoms with van der Waals surface area (Å²) < 4.78 is 6.39. The maximum atomic E-state index is 11.1. The molecule has 1 rings (SSSR count). The Morgan fingerprint density at radius 1 is 1.37 bits per heavy atom. The summed E-state index contributed by atoms with van der Waals surface area (Å²) in [5, 5.41) is 14.2. The third kappa shape index (κ3) is 6.66. The van der Waals surface area contributed by atoms with Gasteiger partial charge in [0.2, 0.25) is 0 Å². The van der Waals surface area contributed by atoms with E-state index in [0.29, 0.717) is 30.3 Å². The van der Waals surface area contributed by atoms with Crippen molar-refractivity contribution in [1.29, 1.82) is 0 Å². The van der Waals surface area contributed by atoms with E-state index in [-0.39, 0.29) is 19.2 Å². The van der Waals surface area contributed by atoms with Crippen LogP contribution in [0.4, 0.5) is 4.79 Å². The first kappa shape index (κ1) is 16.1. The smallest absolute Gasteiger partial charge is 0.314 e. The maximum absolute atomic E-state index is 11.1. The molecular weight excluding hydrogens is 336 g/mol. The van der Waals surface area contributed by atoms with Gasteiger partial charge in [0.15, 0.2) is 0 Å². The number of halogens is 2. The summed E-state index contributed by atoms with van der Waals surface area (Å²) in [5.74, 6) is 0.620. The highest BCUT2D eigenvalue weighted by Crippen LogP contribution is 2.27. The van der Waals surface area contributed by atoms with E-state index in [0.717, 1.165) is 4.47 Å². The SMILES string of the molecule is O=C(NCCO)NCCCOc1ccc(Br)cc1Cl. The zero-order chi connectivity index (χ0) is 14.1. The van der Waals surface area contributed by atoms with Crippen LogP contribution >= 0.6 is 27.5 Å². The Balaban J connectivity index is 2.15. The number of carbonyl (C=O) groups is 1. The predicted octanol–water partition coefficient (Wildman–Crippen LogP) is 2.16. The van der Waals surface area contributed by atoms with Crippen LogP contribution < -0.4 is 15.4 Å². The molecule has 0 aliphatic heterocycles. The number of rotatable bonds is 7. The number of urea groups is 1. The molecule has 0 radical (unpaired) electrons. The Bertz CT molecular complexity index is 418. The fraction of sp³-hybridized carbons (Fsp3) is 0.417. The zero-order valence-corrected chi connectivity index (χ0v) is 12.6. The number of nitrogens with one attached hydrogen (secondary N) is 2. The number of amides is 2. The lowest BCUT2D eigenvalue weighted by Gasteiger charge is -2.09. The quantitative estimate of drug-likeness (QED) is 0.659. The van der Waals surface area contributed by atoms with Crippen LogP contribution in [0.25, 0.3) is 0 Å². The molecule has 1 aromatic carbocycles. The van der Waals surface area contributed by atoms with Gasteiger partial charge in [-0.15, -0.1) is 0 Å². The van der Waals surface area contributed by atoms with Crippen LogP contribution in [0.3, 0.4) is 0 Å². The second-order valence-corrected chi connectivity index (χ2v) is 5.01. The summed E-state index contributed by atoms with van der Waals surface area (Å²) in [7, 11) is 0. The molecule has 0 atom stereocenters. The van der Waals surface area contributed by atoms with Gasteiger partial charge in [-0.2, -0.15) is 0 Å². The van der Waals surface area contributed by atoms with Gasteiger partial charge >= 0.3 is 6.03 Å². The Kier molecular flexibility index (Phi) is 7.62. The van der Waals surface area contributed by atoms with E-state index in [1.54, 1.807) is 12.1 Å². The van der Waals surface area contributed by atoms with E-state index >= 15 is 0 Å². The highest BCUT2D eigenvalue weighted by Gasteiger charge is 2.02. The average molecular weight is 352 g/mol. The van der Waals surface area contributed by atoms with Crippen molar-refractivity contribution < 1.29 is 14.6 Å². The highest BCUT2D eigenvalue weighted by atomic mass is 79.9. The lowest BCUT2D eigenvalue weighted by molar-refractivity contribution is 0.232. The number of ether oxygens (including phenoxy) is 1. The molecular formula is C12H16BrClN2O3. The standard InChI is InChI=1S/C12H16BrClN2O3/c13-9-2-3-11(10(14)8-9)19-7-1-4-15-12(18)16-5-6-17/h2-3,8,17H,1,4-7H2,(H2,15,16,18). The minimum absolute atomic E-state index is 0.0708. The molecule has 0 saturated carbocycles. The van der Waals surface area contributed by atoms with Crippen molar-refractivity contribution in [3.8, 4) is 5.75 Å². The highest BCUT2D eigenvalue weighted by molar-refractivity contribution is 9.10. The van der Waals surface area contributed by atoms with Crippen LogP contribution in [-0.4, -0.2) is 37.4 Å². The Labute approximate surface area is 125 Å². The Morgan fingerprint density at radius 2 is 2.11 bits per heavy atom. The van der Waals surface area contributed by atoms with Gasteiger partial charge in [0.1, 0.15) is 5.75 Å². The topological polar surface area (TPSA) is 70.6 Å². The van der Waals surface area contributed by atoms with E-state index in [4.69, 9.17) is 21.4 Å². The first-order chi connectivity index (χ1) is 9.13. The lowest BCUT2D eigenvalue weighted by Crippen LogP contribution is -2.37. The number of hydrogen-bond acceptors (Lipinski definition) is 3. The van der Waals surface area contributed by atoms with E-state index < -0.39 is 0 Å². The van der Waals surface area contributed by atoms with E-state index in [1.807, 2.05) is 6.07 Å². The number of aliphatic hydroxyl groups excluding tert-OH is 1. The third-order valence-corrected chi connectivity index (χ3v) is 2.94. The third-order valence-electron chi connectivity index (χ3n) is 2.16. The van der Waals surface area contributed by atoms with Gasteiger partial charge in [-0.05, 0) is 24.6 Å². The van der Waals surface area contributed by atoms with Gasteiger partial charge in [0.05, 0.1) is 18.2 Å². The molecule has 0 aromatic heterocycles. The molecule has 5 nitrogen and oxygen atoms in total. The van der Waals surface area contributed by atoms with Crippen LogP contribution in [0, 0.1) is 0 Å². The monoisotopic (exact) mass is 350 g/mol. The molecule has 3 N–H and O–H groups in total. The fourth-order valence-electron chi connectivity index (χ4n) is 1.28. The lowest BCUT2D eigenvalue weighted by atomic mass is 10.3. The van der Waals surface area contributed by atoms with Crippen molar-refractivity contribution in [2.45, 2.75) is 6.42 Å². The Hall–Kier alpha value is -0.980. The molecule has 0 fully saturated rings. The first-order valence-electron chi connectivity index (χ1n) is 5.84. The predicted molar refractivity (Wildman–Crippen MR) is 77.8 cm³/mol. The summed E-state index contributed by atoms with van der Waals surface area (Å²) in [5.41, 5.74) is 0. The van der Waals surface area contributed by atoms with Gasteiger partial charge in [-0.1, -0.05) is 27.5 Å². The minimum atomic E-state index is -0.296. The Morgan fingerprint density at radius 3 is 2.79 bits per heavy atom.